The lowest BCUT2D eigenvalue weighted by Crippen LogP contribution is -1.64. The number of hydrogen-bond donors (Lipinski definition) is 2. The van der Waals surface area contributed by atoms with Gasteiger partial charge in [-0.05, 0) is 6.16 Å². The van der Waals surface area contributed by atoms with Gasteiger partial charge in [0.1, 0.15) is 0 Å². The Hall–Kier alpha value is 0.580. The largest absolute Gasteiger partial charge is 0.325 e. The van der Waals surface area contributed by atoms with Gasteiger partial charge in [0.05, 0.1) is 0 Å². The summed E-state index contributed by atoms with van der Waals surface area (Å²) >= 11 is 0. The van der Waals surface area contributed by atoms with E-state index in [0.29, 0.717) is 0 Å². The molecular formula is C5H16O3P2. The lowest BCUT2D eigenvalue weighted by molar-refractivity contribution is 0.381. The first kappa shape index (κ1) is 13.2. The van der Waals surface area contributed by atoms with Gasteiger partial charge in [-0.15, -0.1) is 9.24 Å². The third kappa shape index (κ3) is 74.1. The molecule has 0 radical (unpaired) electrons. The van der Waals surface area contributed by atoms with Crippen molar-refractivity contribution in [3.63, 3.8) is 0 Å². The van der Waals surface area contributed by atoms with Crippen LogP contribution in [0.25, 0.3) is 0 Å². The summed E-state index contributed by atoms with van der Waals surface area (Å²) in [6, 6.07) is 0. The van der Waals surface area contributed by atoms with E-state index in [1.807, 2.05) is 0 Å². The van der Waals surface area contributed by atoms with Crippen LogP contribution < -0.4 is 0 Å². The minimum absolute atomic E-state index is 0.854. The van der Waals surface area contributed by atoms with Gasteiger partial charge in [0.2, 0.25) is 0 Å². The summed E-state index contributed by atoms with van der Waals surface area (Å²) in [6.07, 6.45) is 3.94. The highest BCUT2D eigenvalue weighted by Gasteiger charge is 1.95. The lowest BCUT2D eigenvalue weighted by atomic mass is 10.4. The molecule has 10 heavy (non-hydrogen) atoms. The zero-order valence-electron chi connectivity index (χ0n) is 6.45. The molecule has 3 nitrogen and oxygen atoms in total. The smallest absolute Gasteiger partial charge is 0.322 e. The van der Waals surface area contributed by atoms with Crippen molar-refractivity contribution in [3.8, 4) is 0 Å². The van der Waals surface area contributed by atoms with Crippen LogP contribution in [0.5, 0.6) is 0 Å². The molecule has 0 aliphatic carbocycles. The standard InChI is InChI=1S/C4H11P.CH5O3P/c1-2-3-4-5;1-5(2,3)4/h2-5H2,1H3;1H3,(H2,2,3,4). The van der Waals surface area contributed by atoms with Crippen LogP contribution in [0.2, 0.25) is 0 Å². The Morgan fingerprint density at radius 1 is 1.50 bits per heavy atom. The number of rotatable bonds is 2. The number of hydrogen-bond acceptors (Lipinski definition) is 1. The molecular weight excluding hydrogens is 170 g/mol. The third-order valence-corrected chi connectivity index (χ3v) is 0.966. The van der Waals surface area contributed by atoms with Gasteiger partial charge in [0.15, 0.2) is 0 Å². The first-order valence-electron chi connectivity index (χ1n) is 3.15. The van der Waals surface area contributed by atoms with Crippen molar-refractivity contribution in [2.45, 2.75) is 19.8 Å². The van der Waals surface area contributed by atoms with Crippen LogP contribution in [0.1, 0.15) is 19.8 Å². The van der Waals surface area contributed by atoms with Crippen LogP contribution in [-0.4, -0.2) is 22.6 Å². The summed E-state index contributed by atoms with van der Waals surface area (Å²) < 4.78 is 9.33. The molecule has 1 unspecified atom stereocenters. The third-order valence-electron chi connectivity index (χ3n) is 0.558. The maximum Gasteiger partial charge on any atom is 0.322 e. The van der Waals surface area contributed by atoms with Gasteiger partial charge in [-0.2, -0.15) is 0 Å². The highest BCUT2D eigenvalue weighted by molar-refractivity contribution is 7.50. The maximum atomic E-state index is 9.33. The Morgan fingerprint density at radius 3 is 1.80 bits per heavy atom. The second-order valence-electron chi connectivity index (χ2n) is 1.98. The van der Waals surface area contributed by atoms with E-state index in [2.05, 4.69) is 16.2 Å². The molecule has 0 fully saturated rings. The minimum atomic E-state index is -3.64. The fraction of sp³-hybridized carbons (Fsp3) is 1.00. The first-order chi connectivity index (χ1) is 4.41. The summed E-state index contributed by atoms with van der Waals surface area (Å²) in [5.74, 6) is 0. The maximum absolute atomic E-state index is 9.33. The SMILES string of the molecule is CCCCP.CP(=O)(O)O. The normalized spacial score (nSPS) is 10.1. The summed E-state index contributed by atoms with van der Waals surface area (Å²) in [5, 5.41) is 0. The zero-order valence-corrected chi connectivity index (χ0v) is 8.50. The molecule has 0 aliphatic rings. The monoisotopic (exact) mass is 186 g/mol. The Balaban J connectivity index is 0. The summed E-state index contributed by atoms with van der Waals surface area (Å²) in [5.41, 5.74) is 0. The average Bonchev–Trinajstić information content (AvgIpc) is 1.63. The quantitative estimate of drug-likeness (QED) is 0.642. The first-order valence-corrected chi connectivity index (χ1v) is 6.02. The van der Waals surface area contributed by atoms with Crippen LogP contribution in [0.15, 0.2) is 0 Å². The highest BCUT2D eigenvalue weighted by atomic mass is 31.2. The van der Waals surface area contributed by atoms with E-state index in [-0.39, 0.29) is 0 Å². The molecule has 0 spiro atoms. The van der Waals surface area contributed by atoms with Gasteiger partial charge in [-0.25, -0.2) is 0 Å². The Morgan fingerprint density at radius 2 is 1.80 bits per heavy atom. The molecule has 0 aliphatic heterocycles. The van der Waals surface area contributed by atoms with E-state index in [0.717, 1.165) is 6.66 Å². The molecule has 5 heteroatoms. The van der Waals surface area contributed by atoms with Crippen molar-refractivity contribution in [1.29, 1.82) is 0 Å². The second-order valence-corrected chi connectivity index (χ2v) is 4.23. The van der Waals surface area contributed by atoms with Gasteiger partial charge in [-0.1, -0.05) is 19.8 Å². The van der Waals surface area contributed by atoms with Crippen molar-refractivity contribution in [1.82, 2.24) is 0 Å². The van der Waals surface area contributed by atoms with Crippen molar-refractivity contribution in [2.24, 2.45) is 0 Å². The van der Waals surface area contributed by atoms with Crippen LogP contribution in [0, 0.1) is 0 Å². The second kappa shape index (κ2) is 7.68. The van der Waals surface area contributed by atoms with E-state index < -0.39 is 7.60 Å². The van der Waals surface area contributed by atoms with Crippen LogP contribution in [0.3, 0.4) is 0 Å². The van der Waals surface area contributed by atoms with Gasteiger partial charge < -0.3 is 9.79 Å². The van der Waals surface area contributed by atoms with Crippen LogP contribution >= 0.6 is 16.8 Å². The van der Waals surface area contributed by atoms with Crippen molar-refractivity contribution in [2.75, 3.05) is 12.8 Å². The lowest BCUT2D eigenvalue weighted by Gasteiger charge is -1.84. The van der Waals surface area contributed by atoms with Gasteiger partial charge >= 0.3 is 7.60 Å². The van der Waals surface area contributed by atoms with Crippen molar-refractivity contribution >= 4 is 16.8 Å². The molecule has 0 aromatic carbocycles. The Labute approximate surface area is 64.6 Å². The predicted molar refractivity (Wildman–Crippen MR) is 47.5 cm³/mol. The molecule has 2 N–H and O–H groups in total. The molecule has 1 atom stereocenters. The minimum Gasteiger partial charge on any atom is -0.325 e. The van der Waals surface area contributed by atoms with E-state index >= 15 is 0 Å². The van der Waals surface area contributed by atoms with Crippen molar-refractivity contribution < 1.29 is 14.4 Å². The molecule has 0 saturated carbocycles. The molecule has 0 amide bonds. The molecule has 64 valence electrons. The summed E-state index contributed by atoms with van der Waals surface area (Å²) in [7, 11) is -0.939. The Kier molecular flexibility index (Phi) is 10.1. The van der Waals surface area contributed by atoms with E-state index in [4.69, 9.17) is 9.79 Å². The number of unbranched alkanes of at least 4 members (excludes halogenated alkanes) is 1. The topological polar surface area (TPSA) is 57.5 Å². The summed E-state index contributed by atoms with van der Waals surface area (Å²) in [6.45, 7) is 3.05. The highest BCUT2D eigenvalue weighted by Crippen LogP contribution is 2.26. The summed E-state index contributed by atoms with van der Waals surface area (Å²) in [4.78, 5) is 15.3. The molecule has 0 heterocycles. The average molecular weight is 186 g/mol. The van der Waals surface area contributed by atoms with E-state index in [1.54, 1.807) is 0 Å². The van der Waals surface area contributed by atoms with E-state index in [1.165, 1.54) is 19.0 Å². The van der Waals surface area contributed by atoms with Gasteiger partial charge in [-0.3, -0.25) is 4.57 Å². The van der Waals surface area contributed by atoms with Crippen molar-refractivity contribution in [3.05, 3.63) is 0 Å². The molecule has 0 saturated heterocycles. The fourth-order valence-corrected chi connectivity index (χ4v) is 0.612. The van der Waals surface area contributed by atoms with E-state index in [9.17, 15) is 4.57 Å². The van der Waals surface area contributed by atoms with Gasteiger partial charge in [0.25, 0.3) is 0 Å². The van der Waals surface area contributed by atoms with Crippen LogP contribution in [0.4, 0.5) is 0 Å². The predicted octanol–water partition coefficient (Wildman–Crippen LogP) is 1.46. The molecule has 0 aromatic rings. The molecule has 0 rings (SSSR count). The van der Waals surface area contributed by atoms with Crippen LogP contribution in [-0.2, 0) is 4.57 Å². The van der Waals surface area contributed by atoms with Gasteiger partial charge in [0, 0.05) is 6.66 Å². The molecule has 0 bridgehead atoms. The fourth-order valence-electron chi connectivity index (χ4n) is 0.204. The zero-order chi connectivity index (χ0) is 8.62. The molecule has 0 aromatic heterocycles. The Bertz CT molecular complexity index is 88.8.